The quantitative estimate of drug-likeness (QED) is 0.261. The summed E-state index contributed by atoms with van der Waals surface area (Å²) in [6.07, 6.45) is 0. The zero-order valence-electron chi connectivity index (χ0n) is 8.29. The van der Waals surface area contributed by atoms with Crippen LogP contribution in [-0.4, -0.2) is 14.8 Å². The van der Waals surface area contributed by atoms with Crippen LogP contribution in [0.5, 0.6) is 0 Å². The van der Waals surface area contributed by atoms with Gasteiger partial charge in [-0.3, -0.25) is 30.3 Å². The van der Waals surface area contributed by atoms with Gasteiger partial charge in [-0.05, 0) is 11.6 Å². The van der Waals surface area contributed by atoms with E-state index in [1.54, 1.807) is 0 Å². The van der Waals surface area contributed by atoms with Gasteiger partial charge in [-0.25, -0.2) is 0 Å². The number of nitro benzene ring substituents is 3. The lowest BCUT2D eigenvalue weighted by molar-refractivity contribution is -0.440. The molecule has 1 rings (SSSR count). The fourth-order valence-electron chi connectivity index (χ4n) is 1.19. The van der Waals surface area contributed by atoms with Crippen molar-refractivity contribution < 1.29 is 14.8 Å². The van der Waals surface area contributed by atoms with Crippen LogP contribution in [-0.2, 0) is 0 Å². The smallest absolute Gasteiger partial charge is 0.258 e. The largest absolute Gasteiger partial charge is 0.422 e. The number of azide groups is 1. The highest BCUT2D eigenvalue weighted by Gasteiger charge is 2.38. The van der Waals surface area contributed by atoms with Gasteiger partial charge in [0.25, 0.3) is 0 Å². The molecule has 1 aromatic carbocycles. The van der Waals surface area contributed by atoms with E-state index in [0.29, 0.717) is 6.07 Å². The van der Waals surface area contributed by atoms with E-state index in [2.05, 4.69) is 10.0 Å². The highest BCUT2D eigenvalue weighted by Crippen LogP contribution is 2.42. The maximum atomic E-state index is 10.7. The van der Waals surface area contributed by atoms with Gasteiger partial charge >= 0.3 is 17.1 Å². The molecule has 0 saturated heterocycles. The third-order valence-electron chi connectivity index (χ3n) is 1.82. The van der Waals surface area contributed by atoms with Crippen LogP contribution < -0.4 is 0 Å². The van der Waals surface area contributed by atoms with Crippen LogP contribution in [0.2, 0.25) is 0 Å². The Balaban J connectivity index is 3.81. The molecule has 0 atom stereocenters. The van der Waals surface area contributed by atoms with E-state index < -0.39 is 37.5 Å². The summed E-state index contributed by atoms with van der Waals surface area (Å²) in [6.45, 7) is 0. The molecule has 18 heavy (non-hydrogen) atoms. The minimum atomic E-state index is -1.32. The second kappa shape index (κ2) is 4.71. The molecule has 0 aliphatic carbocycles. The van der Waals surface area contributed by atoms with Gasteiger partial charge in [0.2, 0.25) is 0 Å². The molecule has 0 amide bonds. The molecule has 0 aliphatic rings. The fourth-order valence-corrected chi connectivity index (χ4v) is 1.19. The van der Waals surface area contributed by atoms with Crippen molar-refractivity contribution in [1.82, 2.24) is 0 Å². The number of hydrogen-bond donors (Lipinski definition) is 0. The van der Waals surface area contributed by atoms with Gasteiger partial charge in [-0.15, -0.1) is 0 Å². The summed E-state index contributed by atoms with van der Waals surface area (Å²) in [5, 5.41) is 34.8. The highest BCUT2D eigenvalue weighted by molar-refractivity contribution is 5.76. The van der Waals surface area contributed by atoms with Crippen molar-refractivity contribution in [3.63, 3.8) is 0 Å². The second-order valence-corrected chi connectivity index (χ2v) is 2.76. The molecule has 0 heterocycles. The first kappa shape index (κ1) is 12.8. The van der Waals surface area contributed by atoms with Crippen LogP contribution >= 0.6 is 0 Å². The van der Waals surface area contributed by atoms with Crippen LogP contribution in [0, 0.1) is 30.3 Å². The van der Waals surface area contributed by atoms with E-state index in [4.69, 9.17) is 5.53 Å². The summed E-state index contributed by atoms with van der Waals surface area (Å²) in [5.74, 6) is 0. The average molecular weight is 254 g/mol. The summed E-state index contributed by atoms with van der Waals surface area (Å²) in [7, 11) is 0. The molecule has 0 saturated carbocycles. The van der Waals surface area contributed by atoms with Gasteiger partial charge in [0.15, 0.2) is 0 Å². The lowest BCUT2D eigenvalue weighted by Gasteiger charge is -1.98. The number of rotatable bonds is 4. The van der Waals surface area contributed by atoms with Crippen molar-refractivity contribution in [3.8, 4) is 0 Å². The van der Waals surface area contributed by atoms with Crippen molar-refractivity contribution >= 4 is 22.7 Å². The Morgan fingerprint density at radius 3 is 1.94 bits per heavy atom. The zero-order chi connectivity index (χ0) is 13.9. The van der Waals surface area contributed by atoms with Gasteiger partial charge < -0.3 is 0 Å². The van der Waals surface area contributed by atoms with E-state index in [1.807, 2.05) is 0 Å². The molecule has 0 radical (unpaired) electrons. The maximum absolute atomic E-state index is 10.7. The molecule has 12 heteroatoms. The van der Waals surface area contributed by atoms with E-state index in [-0.39, 0.29) is 0 Å². The SMILES string of the molecule is [N-]=[N+]=Nc1ccc([N+](=O)[O-])c([N+](=O)[O-])c1[N+](=O)[O-]. The second-order valence-electron chi connectivity index (χ2n) is 2.76. The average Bonchev–Trinajstić information content (AvgIpc) is 2.27. The van der Waals surface area contributed by atoms with Crippen molar-refractivity contribution in [1.29, 1.82) is 0 Å². The third kappa shape index (κ3) is 2.12. The fraction of sp³-hybridized carbons (Fsp3) is 0. The number of benzene rings is 1. The Kier molecular flexibility index (Phi) is 3.35. The molecule has 1 aromatic rings. The van der Waals surface area contributed by atoms with Crippen LogP contribution in [0.3, 0.4) is 0 Å². The molecule has 0 unspecified atom stereocenters. The third-order valence-corrected chi connectivity index (χ3v) is 1.82. The van der Waals surface area contributed by atoms with Crippen molar-refractivity contribution in [2.75, 3.05) is 0 Å². The topological polar surface area (TPSA) is 178 Å². The summed E-state index contributed by atoms with van der Waals surface area (Å²) in [6, 6.07) is 1.43. The van der Waals surface area contributed by atoms with E-state index in [1.165, 1.54) is 0 Å². The minimum absolute atomic E-state index is 0.662. The Labute approximate surface area is 96.5 Å². The number of hydrogen-bond acceptors (Lipinski definition) is 7. The molecule has 0 spiro atoms. The van der Waals surface area contributed by atoms with Crippen LogP contribution in [0.1, 0.15) is 0 Å². The Morgan fingerprint density at radius 1 is 1.00 bits per heavy atom. The first-order chi connectivity index (χ1) is 8.40. The molecule has 0 aliphatic heterocycles. The predicted octanol–water partition coefficient (Wildman–Crippen LogP) is 2.35. The Hall–Kier alpha value is -3.27. The van der Waals surface area contributed by atoms with Gasteiger partial charge in [0, 0.05) is 11.0 Å². The highest BCUT2D eigenvalue weighted by atomic mass is 16.6. The number of nitrogens with zero attached hydrogens (tertiary/aromatic N) is 6. The van der Waals surface area contributed by atoms with Crippen molar-refractivity contribution in [3.05, 3.63) is 52.9 Å². The van der Waals surface area contributed by atoms with Crippen LogP contribution in [0.15, 0.2) is 17.2 Å². The molecule has 0 N–H and O–H groups in total. The van der Waals surface area contributed by atoms with E-state index in [0.717, 1.165) is 6.07 Å². The summed E-state index contributed by atoms with van der Waals surface area (Å²) in [4.78, 5) is 30.5. The lowest BCUT2D eigenvalue weighted by atomic mass is 10.2. The molecular formula is C6H2N6O6. The Bertz CT molecular complexity index is 566. The van der Waals surface area contributed by atoms with Gasteiger partial charge in [0.1, 0.15) is 5.69 Å². The van der Waals surface area contributed by atoms with Gasteiger partial charge in [-0.1, -0.05) is 5.11 Å². The summed E-state index contributed by atoms with van der Waals surface area (Å²) < 4.78 is 0. The molecular weight excluding hydrogens is 252 g/mol. The molecule has 12 nitrogen and oxygen atoms in total. The van der Waals surface area contributed by atoms with E-state index in [9.17, 15) is 30.3 Å². The Morgan fingerprint density at radius 2 is 1.56 bits per heavy atom. The number of nitro groups is 3. The molecule has 0 aromatic heterocycles. The van der Waals surface area contributed by atoms with Crippen molar-refractivity contribution in [2.45, 2.75) is 0 Å². The molecule has 0 fully saturated rings. The van der Waals surface area contributed by atoms with Crippen molar-refractivity contribution in [2.24, 2.45) is 5.11 Å². The standard InChI is InChI=1S/C6H2N6O6/c7-9-8-3-1-2-4(10(13)14)6(12(17)18)5(3)11(15)16/h1-2H. The first-order valence-corrected chi connectivity index (χ1v) is 4.05. The van der Waals surface area contributed by atoms with Crippen LogP contribution in [0.4, 0.5) is 22.7 Å². The zero-order valence-corrected chi connectivity index (χ0v) is 8.29. The van der Waals surface area contributed by atoms with Gasteiger partial charge in [0.05, 0.1) is 14.8 Å². The monoisotopic (exact) mass is 254 g/mol. The summed E-state index contributed by atoms with van der Waals surface area (Å²) in [5.41, 5.74) is 3.91. The van der Waals surface area contributed by atoms with E-state index >= 15 is 0 Å². The first-order valence-electron chi connectivity index (χ1n) is 4.05. The van der Waals surface area contributed by atoms with Gasteiger partial charge in [-0.2, -0.15) is 0 Å². The normalized spacial score (nSPS) is 9.33. The molecule has 92 valence electrons. The maximum Gasteiger partial charge on any atom is 0.422 e. The lowest BCUT2D eigenvalue weighted by Crippen LogP contribution is -2.01. The summed E-state index contributed by atoms with van der Waals surface area (Å²) >= 11 is 0. The molecule has 0 bridgehead atoms. The minimum Gasteiger partial charge on any atom is -0.258 e. The van der Waals surface area contributed by atoms with Crippen LogP contribution in [0.25, 0.3) is 10.4 Å². The predicted molar refractivity (Wildman–Crippen MR) is 55.2 cm³/mol.